The molecule has 0 aromatic carbocycles. The van der Waals surface area contributed by atoms with Crippen LogP contribution in [0, 0.1) is 0 Å². The summed E-state index contributed by atoms with van der Waals surface area (Å²) in [6.07, 6.45) is 2.47. The first-order valence-corrected chi connectivity index (χ1v) is 5.42. The van der Waals surface area contributed by atoms with Crippen molar-refractivity contribution in [1.82, 2.24) is 5.32 Å². The molecular formula is C8H21AlClNO3S2. The van der Waals surface area contributed by atoms with Gasteiger partial charge in [0.1, 0.15) is 11.8 Å². The summed E-state index contributed by atoms with van der Waals surface area (Å²) in [5.41, 5.74) is 0. The minimum Gasteiger partial charge on any atom is -0.480 e. The number of halogens is 1. The molecule has 2 N–H and O–H groups in total. The molecule has 0 amide bonds. The van der Waals surface area contributed by atoms with E-state index in [9.17, 15) is 9.59 Å². The Morgan fingerprint density at radius 1 is 1.44 bits per heavy atom. The number of carbonyl (C=O) groups is 2. The number of Topliss-reactive ketones (excluding diaryl/α,β-unsaturated/α-hetero) is 1. The maximum atomic E-state index is 10.6. The molecule has 0 spiro atoms. The summed E-state index contributed by atoms with van der Waals surface area (Å²) in [4.78, 5) is 21.2. The fourth-order valence-electron chi connectivity index (χ4n) is 0.815. The summed E-state index contributed by atoms with van der Waals surface area (Å²) in [5, 5.41) is 11.4. The minimum atomic E-state index is -0.893. The maximum Gasteiger partial charge on any atom is 0.320 e. The van der Waals surface area contributed by atoms with Crippen molar-refractivity contribution >= 4 is 66.8 Å². The molecule has 0 radical (unpaired) electrons. The number of hydrogen-bond donors (Lipinski definition) is 2. The van der Waals surface area contributed by atoms with Crippen LogP contribution in [0.5, 0.6) is 0 Å². The largest absolute Gasteiger partial charge is 0.480 e. The van der Waals surface area contributed by atoms with E-state index in [2.05, 4.69) is 5.32 Å². The molecule has 0 aliphatic carbocycles. The van der Waals surface area contributed by atoms with Gasteiger partial charge >= 0.3 is 5.97 Å². The molecule has 0 saturated carbocycles. The number of ketones is 1. The summed E-state index contributed by atoms with van der Waals surface area (Å²) in [6.45, 7) is 1.56. The van der Waals surface area contributed by atoms with Gasteiger partial charge in [-0.25, -0.2) is 0 Å². The molecule has 4 nitrogen and oxygen atoms in total. The highest BCUT2D eigenvalue weighted by Gasteiger charge is 2.15. The van der Waals surface area contributed by atoms with Gasteiger partial charge in [0.25, 0.3) is 0 Å². The first-order chi connectivity index (χ1) is 6.07. The lowest BCUT2D eigenvalue weighted by atomic mass is 10.2. The van der Waals surface area contributed by atoms with E-state index in [1.165, 1.54) is 6.92 Å². The lowest BCUT2D eigenvalue weighted by Gasteiger charge is -2.11. The number of nitrogens with one attached hydrogen (secondary N) is 1. The second-order valence-corrected chi connectivity index (χ2v) is 3.74. The fraction of sp³-hybridized carbons (Fsp3) is 0.750. The average Bonchev–Trinajstić information content (AvgIpc) is 2.03. The monoisotopic (exact) mass is 305 g/mol. The molecule has 0 aliphatic rings. The quantitative estimate of drug-likeness (QED) is 0.634. The summed E-state index contributed by atoms with van der Waals surface area (Å²) in [7, 11) is 0. The Bertz CT molecular complexity index is 198. The van der Waals surface area contributed by atoms with Gasteiger partial charge in [-0.3, -0.25) is 14.9 Å². The third-order valence-electron chi connectivity index (χ3n) is 1.51. The zero-order chi connectivity index (χ0) is 10.3. The van der Waals surface area contributed by atoms with Crippen molar-refractivity contribution in [2.45, 2.75) is 19.4 Å². The molecule has 16 heavy (non-hydrogen) atoms. The van der Waals surface area contributed by atoms with Crippen molar-refractivity contribution in [3.63, 3.8) is 0 Å². The van der Waals surface area contributed by atoms with E-state index in [-0.39, 0.29) is 55.6 Å². The first kappa shape index (κ1) is 25.5. The van der Waals surface area contributed by atoms with Gasteiger partial charge in [-0.1, -0.05) is 0 Å². The number of aliphatic carboxylic acids is 1. The fourth-order valence-corrected chi connectivity index (χ4v) is 1.29. The van der Waals surface area contributed by atoms with E-state index in [4.69, 9.17) is 5.11 Å². The van der Waals surface area contributed by atoms with Crippen LogP contribution in [-0.4, -0.2) is 58.8 Å². The Labute approximate surface area is 124 Å². The number of rotatable bonds is 7. The topological polar surface area (TPSA) is 66.4 Å². The van der Waals surface area contributed by atoms with Crippen LogP contribution >= 0.6 is 37.7 Å². The van der Waals surface area contributed by atoms with Crippen molar-refractivity contribution in [3.05, 3.63) is 0 Å². The van der Waals surface area contributed by atoms with E-state index in [0.717, 1.165) is 5.75 Å². The molecule has 1 unspecified atom stereocenters. The van der Waals surface area contributed by atoms with Gasteiger partial charge in [-0.2, -0.15) is 25.3 Å². The van der Waals surface area contributed by atoms with E-state index in [1.807, 2.05) is 6.26 Å². The van der Waals surface area contributed by atoms with Gasteiger partial charge in [0.15, 0.2) is 17.4 Å². The SMILES string of the molecule is CSCCC(NCC(C)=O)C(=O)O.Cl.S.[AlH3]. The third-order valence-corrected chi connectivity index (χ3v) is 2.15. The predicted octanol–water partition coefficient (Wildman–Crippen LogP) is -0.278. The van der Waals surface area contributed by atoms with Gasteiger partial charge in [0, 0.05) is 0 Å². The first-order valence-electron chi connectivity index (χ1n) is 4.02. The van der Waals surface area contributed by atoms with Crippen LogP contribution in [0.25, 0.3) is 0 Å². The van der Waals surface area contributed by atoms with E-state index < -0.39 is 12.0 Å². The van der Waals surface area contributed by atoms with Crippen molar-refractivity contribution in [2.75, 3.05) is 18.6 Å². The van der Waals surface area contributed by atoms with Crippen molar-refractivity contribution in [1.29, 1.82) is 0 Å². The average molecular weight is 306 g/mol. The number of carboxylic acid groups (broad SMARTS) is 1. The third kappa shape index (κ3) is 14.6. The molecule has 98 valence electrons. The van der Waals surface area contributed by atoms with Crippen LogP contribution in [-0.2, 0) is 9.59 Å². The highest BCUT2D eigenvalue weighted by atomic mass is 35.5. The maximum absolute atomic E-state index is 10.6. The van der Waals surface area contributed by atoms with Crippen molar-refractivity contribution < 1.29 is 14.7 Å². The normalized spacial score (nSPS) is 10.1. The molecule has 0 fully saturated rings. The zero-order valence-electron chi connectivity index (χ0n) is 8.78. The second kappa shape index (κ2) is 15.6. The van der Waals surface area contributed by atoms with Crippen molar-refractivity contribution in [2.24, 2.45) is 0 Å². The van der Waals surface area contributed by atoms with Crippen molar-refractivity contribution in [3.8, 4) is 0 Å². The predicted molar refractivity (Wildman–Crippen MR) is 80.7 cm³/mol. The van der Waals surface area contributed by atoms with Crippen LogP contribution in [0.3, 0.4) is 0 Å². The molecule has 1 atom stereocenters. The minimum absolute atomic E-state index is 0. The van der Waals surface area contributed by atoms with Crippen LogP contribution in [0.15, 0.2) is 0 Å². The molecule has 0 aliphatic heterocycles. The van der Waals surface area contributed by atoms with Crippen LogP contribution in [0.1, 0.15) is 13.3 Å². The zero-order valence-corrected chi connectivity index (χ0v) is 11.4. The van der Waals surface area contributed by atoms with Gasteiger partial charge in [0.05, 0.1) is 6.54 Å². The number of carbonyl (C=O) groups excluding carboxylic acids is 1. The highest BCUT2D eigenvalue weighted by Crippen LogP contribution is 2.00. The smallest absolute Gasteiger partial charge is 0.320 e. The Morgan fingerprint density at radius 2 is 1.94 bits per heavy atom. The molecule has 0 aromatic rings. The van der Waals surface area contributed by atoms with Gasteiger partial charge in [-0.15, -0.1) is 12.4 Å². The number of thioether (sulfide) groups is 1. The molecule has 0 saturated heterocycles. The summed E-state index contributed by atoms with van der Waals surface area (Å²) < 4.78 is 0. The molecule has 0 rings (SSSR count). The van der Waals surface area contributed by atoms with Gasteiger partial charge < -0.3 is 5.11 Å². The van der Waals surface area contributed by atoms with Gasteiger partial charge in [-0.05, 0) is 25.4 Å². The Hall–Kier alpha value is 0.622. The molecular weight excluding hydrogens is 285 g/mol. The molecule has 0 heterocycles. The van der Waals surface area contributed by atoms with Gasteiger partial charge in [0.2, 0.25) is 0 Å². The number of hydrogen-bond acceptors (Lipinski definition) is 4. The van der Waals surface area contributed by atoms with Crippen LogP contribution in [0.2, 0.25) is 0 Å². The Balaban J connectivity index is -0.000000240. The standard InChI is InChI=1S/C8H15NO3S.Al.ClH.H2S.3H/c1-6(10)5-9-7(8(11)12)3-4-13-2;;;;;;/h7,9H,3-5H2,1-2H3,(H,11,12);;1H;1H2;;;. The Kier molecular flexibility index (Phi) is 24.9. The van der Waals surface area contributed by atoms with E-state index in [0.29, 0.717) is 6.42 Å². The van der Waals surface area contributed by atoms with Crippen LogP contribution < -0.4 is 5.32 Å². The van der Waals surface area contributed by atoms with E-state index in [1.54, 1.807) is 11.8 Å². The molecule has 0 bridgehead atoms. The Morgan fingerprint density at radius 3 is 2.25 bits per heavy atom. The summed E-state index contributed by atoms with van der Waals surface area (Å²) in [5.74, 6) is -0.160. The summed E-state index contributed by atoms with van der Waals surface area (Å²) >= 11 is 1.59. The van der Waals surface area contributed by atoms with Crippen LogP contribution in [0.4, 0.5) is 0 Å². The highest BCUT2D eigenvalue weighted by molar-refractivity contribution is 7.98. The van der Waals surface area contributed by atoms with E-state index >= 15 is 0 Å². The molecule has 0 aromatic heterocycles. The molecule has 8 heteroatoms. The number of carboxylic acids is 1. The lowest BCUT2D eigenvalue weighted by molar-refractivity contribution is -0.139. The lowest BCUT2D eigenvalue weighted by Crippen LogP contribution is -2.39. The second-order valence-electron chi connectivity index (χ2n) is 2.76. The summed E-state index contributed by atoms with van der Waals surface area (Å²) in [6, 6.07) is -0.601.